The van der Waals surface area contributed by atoms with Gasteiger partial charge < -0.3 is 13.8 Å². The van der Waals surface area contributed by atoms with E-state index < -0.39 is 32.8 Å². The zero-order chi connectivity index (χ0) is 20.0. The van der Waals surface area contributed by atoms with Crippen LogP contribution in [0.2, 0.25) is 0 Å². The predicted molar refractivity (Wildman–Crippen MR) is 89.0 cm³/mol. The second-order valence-corrected chi connectivity index (χ2v) is 8.68. The summed E-state index contributed by atoms with van der Waals surface area (Å²) in [7, 11) is -2.55. The van der Waals surface area contributed by atoms with Crippen LogP contribution in [0, 0.1) is 17.7 Å². The molecule has 3 rings (SSSR count). The van der Waals surface area contributed by atoms with E-state index in [4.69, 9.17) is 4.74 Å². The molecule has 1 aliphatic carbocycles. The van der Waals surface area contributed by atoms with Crippen molar-refractivity contribution in [2.24, 2.45) is 11.8 Å². The predicted octanol–water partition coefficient (Wildman–Crippen LogP) is 3.26. The minimum atomic E-state index is -5.96. The lowest BCUT2D eigenvalue weighted by molar-refractivity contribution is -0.167. The fourth-order valence-electron chi connectivity index (χ4n) is 4.58. The quantitative estimate of drug-likeness (QED) is 0.433. The largest absolute Gasteiger partial charge is 0.534 e. The minimum Gasteiger partial charge on any atom is -0.373 e. The van der Waals surface area contributed by atoms with Crippen LogP contribution >= 0.6 is 0 Å². The Morgan fingerprint density at radius 1 is 1.19 bits per heavy atom. The van der Waals surface area contributed by atoms with Crippen LogP contribution in [-0.4, -0.2) is 46.1 Å². The van der Waals surface area contributed by atoms with Gasteiger partial charge >= 0.3 is 15.6 Å². The van der Waals surface area contributed by atoms with Gasteiger partial charge in [-0.1, -0.05) is 18.6 Å². The fraction of sp³-hybridized carbons (Fsp3) is 0.647. The highest BCUT2D eigenvalue weighted by molar-refractivity contribution is 7.88. The highest BCUT2D eigenvalue weighted by Crippen LogP contribution is 2.52. The molecule has 1 aromatic rings. The van der Waals surface area contributed by atoms with E-state index in [0.29, 0.717) is 13.1 Å². The third kappa shape index (κ3) is 3.31. The van der Waals surface area contributed by atoms with Crippen LogP contribution in [0.4, 0.5) is 17.6 Å². The zero-order valence-electron chi connectivity index (χ0n) is 14.9. The van der Waals surface area contributed by atoms with E-state index in [9.17, 15) is 21.6 Å². The molecule has 0 N–H and O–H groups in total. The first-order chi connectivity index (χ1) is 12.5. The minimum absolute atomic E-state index is 0.0441. The molecule has 2 bridgehead atoms. The second kappa shape index (κ2) is 6.89. The number of likely N-dealkylation sites (tertiary alicyclic amines) is 1. The van der Waals surface area contributed by atoms with Crippen molar-refractivity contribution in [3.63, 3.8) is 0 Å². The van der Waals surface area contributed by atoms with Crippen molar-refractivity contribution < 1.29 is 34.9 Å². The number of alkyl halides is 3. The van der Waals surface area contributed by atoms with Crippen LogP contribution in [0.3, 0.4) is 0 Å². The molecule has 0 aromatic heterocycles. The van der Waals surface area contributed by atoms with Crippen molar-refractivity contribution in [1.82, 2.24) is 4.90 Å². The molecule has 2 fully saturated rings. The number of fused-ring (bicyclic) bond motifs is 2. The van der Waals surface area contributed by atoms with Gasteiger partial charge in [-0.05, 0) is 26.0 Å². The van der Waals surface area contributed by atoms with Gasteiger partial charge in [0.05, 0.1) is 0 Å². The van der Waals surface area contributed by atoms with Gasteiger partial charge in [0.25, 0.3) is 0 Å². The first-order valence-corrected chi connectivity index (χ1v) is 9.97. The molecule has 1 saturated heterocycles. The van der Waals surface area contributed by atoms with Gasteiger partial charge in [0.1, 0.15) is 5.60 Å². The normalized spacial score (nSPS) is 29.6. The summed E-state index contributed by atoms with van der Waals surface area (Å²) in [4.78, 5) is 2.12. The Morgan fingerprint density at radius 2 is 1.78 bits per heavy atom. The third-order valence-corrected chi connectivity index (χ3v) is 6.55. The molecule has 0 spiro atoms. The number of rotatable bonds is 4. The van der Waals surface area contributed by atoms with E-state index in [0.717, 1.165) is 25.3 Å². The second-order valence-electron chi connectivity index (χ2n) is 7.14. The topological polar surface area (TPSA) is 55.8 Å². The van der Waals surface area contributed by atoms with Crippen LogP contribution < -0.4 is 4.18 Å². The van der Waals surface area contributed by atoms with E-state index in [1.165, 1.54) is 19.2 Å². The van der Waals surface area contributed by atoms with Gasteiger partial charge in [0, 0.05) is 37.6 Å². The maximum absolute atomic E-state index is 15.2. The van der Waals surface area contributed by atoms with Crippen molar-refractivity contribution in [1.29, 1.82) is 0 Å². The van der Waals surface area contributed by atoms with Gasteiger partial charge in [-0.15, -0.1) is 0 Å². The number of hydrogen-bond acceptors (Lipinski definition) is 5. The number of ether oxygens (including phenoxy) is 1. The molecule has 1 saturated carbocycles. The Balaban J connectivity index is 2.07. The summed E-state index contributed by atoms with van der Waals surface area (Å²) in [5, 5.41) is 0. The zero-order valence-corrected chi connectivity index (χ0v) is 15.7. The summed E-state index contributed by atoms with van der Waals surface area (Å²) in [6, 6.07) is 3.59. The van der Waals surface area contributed by atoms with E-state index in [1.54, 1.807) is 0 Å². The summed E-state index contributed by atoms with van der Waals surface area (Å²) in [5.41, 5.74) is -6.63. The van der Waals surface area contributed by atoms with E-state index >= 15 is 4.39 Å². The Hall–Kier alpha value is -1.39. The van der Waals surface area contributed by atoms with Gasteiger partial charge in [0.15, 0.2) is 11.6 Å². The first-order valence-electron chi connectivity index (χ1n) is 8.56. The molecule has 152 valence electrons. The highest BCUT2D eigenvalue weighted by Gasteiger charge is 2.54. The molecule has 1 heterocycles. The van der Waals surface area contributed by atoms with Crippen LogP contribution in [0.5, 0.6) is 5.75 Å². The van der Waals surface area contributed by atoms with Crippen molar-refractivity contribution in [3.8, 4) is 5.75 Å². The number of nitrogens with zero attached hydrogens (tertiary/aromatic N) is 1. The molecular weight excluding hydrogens is 390 g/mol. The fourth-order valence-corrected chi connectivity index (χ4v) is 5.04. The third-order valence-electron chi connectivity index (χ3n) is 5.59. The average Bonchev–Trinajstić information content (AvgIpc) is 2.55. The van der Waals surface area contributed by atoms with Crippen LogP contribution in [0.25, 0.3) is 0 Å². The monoisotopic (exact) mass is 411 g/mol. The number of halogens is 4. The summed E-state index contributed by atoms with van der Waals surface area (Å²) in [6.07, 6.45) is 2.51. The van der Waals surface area contributed by atoms with Crippen LogP contribution in [0.15, 0.2) is 18.2 Å². The lowest BCUT2D eigenvalue weighted by Crippen LogP contribution is -2.58. The summed E-state index contributed by atoms with van der Waals surface area (Å²) in [6.45, 7) is 1.30. The molecule has 5 nitrogen and oxygen atoms in total. The summed E-state index contributed by atoms with van der Waals surface area (Å²) < 4.78 is 85.5. The SMILES string of the molecule is COC1(c2cccc(OS(=O)(=O)C(F)(F)F)c2F)C2CCCC1CN(C)C2. The first kappa shape index (κ1) is 20.3. The number of benzene rings is 1. The van der Waals surface area contributed by atoms with Gasteiger partial charge in [0.2, 0.25) is 0 Å². The molecule has 1 aliphatic heterocycles. The lowest BCUT2D eigenvalue weighted by Gasteiger charge is -2.54. The van der Waals surface area contributed by atoms with Crippen LogP contribution in [-0.2, 0) is 20.5 Å². The smallest absolute Gasteiger partial charge is 0.373 e. The summed E-state index contributed by atoms with van der Waals surface area (Å²) in [5.74, 6) is -2.24. The van der Waals surface area contributed by atoms with Gasteiger partial charge in [-0.2, -0.15) is 21.6 Å². The number of piperidine rings is 1. The van der Waals surface area contributed by atoms with Crippen LogP contribution in [0.1, 0.15) is 24.8 Å². The van der Waals surface area contributed by atoms with E-state index in [1.807, 2.05) is 7.05 Å². The molecule has 2 atom stereocenters. The maximum atomic E-state index is 15.2. The Labute approximate surface area is 155 Å². The van der Waals surface area contributed by atoms with Crippen molar-refractivity contribution >= 4 is 10.1 Å². The molecular formula is C17H21F4NO4S. The van der Waals surface area contributed by atoms with Gasteiger partial charge in [-0.25, -0.2) is 4.39 Å². The van der Waals surface area contributed by atoms with Crippen molar-refractivity contribution in [3.05, 3.63) is 29.6 Å². The Kier molecular flexibility index (Phi) is 5.19. The molecule has 10 heteroatoms. The molecule has 0 radical (unpaired) electrons. The lowest BCUT2D eigenvalue weighted by atomic mass is 9.62. The Morgan fingerprint density at radius 3 is 2.30 bits per heavy atom. The maximum Gasteiger partial charge on any atom is 0.534 e. The van der Waals surface area contributed by atoms with Crippen molar-refractivity contribution in [2.75, 3.05) is 27.2 Å². The highest BCUT2D eigenvalue weighted by atomic mass is 32.2. The molecule has 2 unspecified atom stereocenters. The number of methoxy groups -OCH3 is 1. The molecule has 27 heavy (non-hydrogen) atoms. The van der Waals surface area contributed by atoms with E-state index in [2.05, 4.69) is 9.08 Å². The molecule has 0 amide bonds. The molecule has 1 aromatic carbocycles. The number of hydrogen-bond donors (Lipinski definition) is 0. The summed E-state index contributed by atoms with van der Waals surface area (Å²) >= 11 is 0. The standard InChI is InChI=1S/C17H21F4NO4S/c1-22-9-11-5-3-6-12(10-22)16(11,25-2)13-7-4-8-14(15(13)18)26-27(23,24)17(19,20)21/h4,7-8,11-12H,3,5-6,9-10H2,1-2H3. The van der Waals surface area contributed by atoms with E-state index in [-0.39, 0.29) is 17.4 Å². The Bertz CT molecular complexity index is 798. The van der Waals surface area contributed by atoms with Gasteiger partial charge in [-0.3, -0.25) is 0 Å². The average molecular weight is 411 g/mol. The molecule has 2 aliphatic rings. The van der Waals surface area contributed by atoms with Crippen molar-refractivity contribution in [2.45, 2.75) is 30.4 Å².